The second-order valence-electron chi connectivity index (χ2n) is 9.84. The molecule has 3 N–H and O–H groups in total. The van der Waals surface area contributed by atoms with Gasteiger partial charge in [-0.15, -0.1) is 0 Å². The van der Waals surface area contributed by atoms with E-state index in [4.69, 9.17) is 5.14 Å². The van der Waals surface area contributed by atoms with Crippen LogP contribution in [0.15, 0.2) is 46.4 Å². The third-order valence-electron chi connectivity index (χ3n) is 6.51. The minimum Gasteiger partial charge on any atom is -0.309 e. The number of allylic oxidation sites excluding steroid dienone is 3. The number of primary sulfonamides is 1. The smallest absolute Gasteiger partial charge is 0.240 e. The van der Waals surface area contributed by atoms with Gasteiger partial charge in [0.15, 0.2) is 11.6 Å². The van der Waals surface area contributed by atoms with Crippen LogP contribution in [0.25, 0.3) is 0 Å². The number of nitrogens with two attached hydrogens (primary N) is 1. The van der Waals surface area contributed by atoms with Crippen molar-refractivity contribution in [3.8, 4) is 0 Å². The summed E-state index contributed by atoms with van der Waals surface area (Å²) in [5.74, 6) is -1.01. The summed E-state index contributed by atoms with van der Waals surface area (Å²) in [5.41, 5.74) is 0.201. The minimum absolute atomic E-state index is 0.0439. The van der Waals surface area contributed by atoms with E-state index in [0.717, 1.165) is 0 Å². The summed E-state index contributed by atoms with van der Waals surface area (Å²) in [5, 5.41) is 5.61. The van der Waals surface area contributed by atoms with Crippen LogP contribution in [-0.4, -0.2) is 90.8 Å². The Bertz CT molecular complexity index is 1330. The SMILES string of the molecule is CN(C)CCCNS(=O)(=O)c1ccc2c(c1)C(=O)C1=C(C=CC(CCCN(C)C)(S(N)(=O)=O)C1)C2=O. The van der Waals surface area contributed by atoms with Crippen molar-refractivity contribution in [3.05, 3.63) is 52.6 Å². The highest BCUT2D eigenvalue weighted by molar-refractivity contribution is 7.90. The lowest BCUT2D eigenvalue weighted by molar-refractivity contribution is 0.0972. The summed E-state index contributed by atoms with van der Waals surface area (Å²) in [6.07, 6.45) is 3.84. The van der Waals surface area contributed by atoms with Gasteiger partial charge in [-0.05, 0) is 78.7 Å². The van der Waals surface area contributed by atoms with Crippen molar-refractivity contribution >= 4 is 31.6 Å². The Hall–Kier alpha value is -2.22. The number of sulfonamides is 2. The first-order valence-electron chi connectivity index (χ1n) is 11.7. The number of Topliss-reactive ketones (excluding diaryl/α,β-unsaturated/α-hetero) is 2. The Morgan fingerprint density at radius 2 is 1.58 bits per heavy atom. The Balaban J connectivity index is 1.92. The molecule has 198 valence electrons. The fourth-order valence-electron chi connectivity index (χ4n) is 4.48. The van der Waals surface area contributed by atoms with Crippen LogP contribution in [-0.2, 0) is 20.0 Å². The van der Waals surface area contributed by atoms with Gasteiger partial charge in [-0.3, -0.25) is 9.59 Å². The molecule has 0 radical (unpaired) electrons. The largest absolute Gasteiger partial charge is 0.309 e. The molecule has 0 aromatic heterocycles. The zero-order valence-electron chi connectivity index (χ0n) is 21.1. The molecule has 3 rings (SSSR count). The molecule has 0 amide bonds. The van der Waals surface area contributed by atoms with Gasteiger partial charge >= 0.3 is 0 Å². The summed E-state index contributed by atoms with van der Waals surface area (Å²) in [6, 6.07) is 3.82. The highest BCUT2D eigenvalue weighted by Gasteiger charge is 2.46. The molecule has 0 saturated heterocycles. The number of hydrogen-bond acceptors (Lipinski definition) is 8. The van der Waals surface area contributed by atoms with E-state index in [1.165, 1.54) is 30.4 Å². The predicted molar refractivity (Wildman–Crippen MR) is 138 cm³/mol. The van der Waals surface area contributed by atoms with Crippen LogP contribution in [0.4, 0.5) is 0 Å². The Morgan fingerprint density at radius 3 is 2.19 bits per heavy atom. The molecule has 0 heterocycles. The molecule has 2 aliphatic rings. The maximum absolute atomic E-state index is 13.5. The lowest BCUT2D eigenvalue weighted by atomic mass is 9.76. The van der Waals surface area contributed by atoms with Crippen molar-refractivity contribution in [1.29, 1.82) is 0 Å². The van der Waals surface area contributed by atoms with Gasteiger partial charge in [0.2, 0.25) is 20.0 Å². The first-order valence-corrected chi connectivity index (χ1v) is 14.7. The number of hydrogen-bond donors (Lipinski definition) is 2. The van der Waals surface area contributed by atoms with Gasteiger partial charge in [0, 0.05) is 35.2 Å². The molecule has 36 heavy (non-hydrogen) atoms. The van der Waals surface area contributed by atoms with Gasteiger partial charge in [-0.2, -0.15) is 0 Å². The van der Waals surface area contributed by atoms with E-state index in [9.17, 15) is 26.4 Å². The molecule has 2 aliphatic carbocycles. The molecule has 0 saturated carbocycles. The highest BCUT2D eigenvalue weighted by Crippen LogP contribution is 2.41. The first-order chi connectivity index (χ1) is 16.7. The Labute approximate surface area is 213 Å². The number of ketones is 2. The standard InChI is InChI=1S/C24H34N4O6S2/c1-27(2)13-5-10-24(36(25,33)34)11-9-19-21(16-24)23(30)20-15-17(7-8-18(20)22(19)29)35(31,32)26-12-6-14-28(3)4/h7-9,11,15,26H,5-6,10,12-14,16H2,1-4H3,(H2,25,33,34). The van der Waals surface area contributed by atoms with E-state index >= 15 is 0 Å². The molecule has 0 spiro atoms. The van der Waals surface area contributed by atoms with Crippen molar-refractivity contribution in [1.82, 2.24) is 14.5 Å². The lowest BCUT2D eigenvalue weighted by Gasteiger charge is -2.34. The Morgan fingerprint density at radius 1 is 0.944 bits per heavy atom. The van der Waals surface area contributed by atoms with Crippen molar-refractivity contribution in [2.75, 3.05) is 47.8 Å². The first kappa shape index (κ1) is 28.4. The quantitative estimate of drug-likeness (QED) is 0.396. The molecule has 0 aliphatic heterocycles. The molecule has 1 aromatic rings. The number of carbonyl (C=O) groups is 2. The highest BCUT2D eigenvalue weighted by atomic mass is 32.2. The maximum Gasteiger partial charge on any atom is 0.240 e. The third-order valence-corrected chi connectivity index (χ3v) is 9.59. The zero-order chi connectivity index (χ0) is 26.9. The van der Waals surface area contributed by atoms with Gasteiger partial charge in [-0.25, -0.2) is 26.7 Å². The van der Waals surface area contributed by atoms with Gasteiger partial charge in [-0.1, -0.05) is 12.2 Å². The van der Waals surface area contributed by atoms with Gasteiger partial charge in [0.05, 0.1) is 4.90 Å². The van der Waals surface area contributed by atoms with E-state index in [2.05, 4.69) is 4.72 Å². The van der Waals surface area contributed by atoms with E-state index in [1.807, 2.05) is 38.0 Å². The number of benzene rings is 1. The summed E-state index contributed by atoms with van der Waals surface area (Å²) in [7, 11) is -0.526. The fourth-order valence-corrected chi connectivity index (χ4v) is 6.61. The average Bonchev–Trinajstić information content (AvgIpc) is 2.79. The molecule has 1 aromatic carbocycles. The number of carbonyl (C=O) groups excluding carboxylic acids is 2. The number of rotatable bonds is 11. The number of fused-ring (bicyclic) bond motifs is 1. The van der Waals surface area contributed by atoms with Crippen LogP contribution in [0.3, 0.4) is 0 Å². The van der Waals surface area contributed by atoms with Crippen molar-refractivity contribution in [3.63, 3.8) is 0 Å². The minimum atomic E-state index is -4.12. The molecule has 0 fully saturated rings. The predicted octanol–water partition coefficient (Wildman–Crippen LogP) is 0.921. The summed E-state index contributed by atoms with van der Waals surface area (Å²) >= 11 is 0. The van der Waals surface area contributed by atoms with E-state index in [1.54, 1.807) is 0 Å². The number of nitrogens with one attached hydrogen (secondary N) is 1. The van der Waals surface area contributed by atoms with Gasteiger partial charge < -0.3 is 9.80 Å². The lowest BCUT2D eigenvalue weighted by Crippen LogP contribution is -2.45. The van der Waals surface area contributed by atoms with Crippen molar-refractivity contribution < 1.29 is 26.4 Å². The molecule has 1 unspecified atom stereocenters. The normalized spacial score (nSPS) is 20.3. The second-order valence-corrected chi connectivity index (χ2v) is 13.5. The maximum atomic E-state index is 13.5. The van der Waals surface area contributed by atoms with Gasteiger partial charge in [0.1, 0.15) is 4.75 Å². The molecule has 1 atom stereocenters. The molecular weight excluding hydrogens is 504 g/mol. The van der Waals surface area contributed by atoms with Crippen LogP contribution >= 0.6 is 0 Å². The summed E-state index contributed by atoms with van der Waals surface area (Å²) < 4.78 is 51.9. The second kappa shape index (κ2) is 10.6. The number of nitrogens with zero attached hydrogens (tertiary/aromatic N) is 2. The molecule has 12 heteroatoms. The Kier molecular flexibility index (Phi) is 8.38. The van der Waals surface area contributed by atoms with Crippen LogP contribution in [0.5, 0.6) is 0 Å². The zero-order valence-corrected chi connectivity index (χ0v) is 22.7. The molecular formula is C24H34N4O6S2. The third kappa shape index (κ3) is 5.84. The van der Waals surface area contributed by atoms with E-state index in [-0.39, 0.29) is 46.6 Å². The van der Waals surface area contributed by atoms with Crippen LogP contribution in [0, 0.1) is 0 Å². The monoisotopic (exact) mass is 538 g/mol. The molecule has 10 nitrogen and oxygen atoms in total. The van der Waals surface area contributed by atoms with Crippen LogP contribution in [0.1, 0.15) is 46.4 Å². The van der Waals surface area contributed by atoms with Crippen LogP contribution in [0.2, 0.25) is 0 Å². The van der Waals surface area contributed by atoms with Crippen molar-refractivity contribution in [2.24, 2.45) is 5.14 Å². The van der Waals surface area contributed by atoms with Crippen LogP contribution < -0.4 is 9.86 Å². The average molecular weight is 539 g/mol. The molecule has 0 bridgehead atoms. The fraction of sp³-hybridized carbons (Fsp3) is 0.500. The topological polar surface area (TPSA) is 147 Å². The summed E-state index contributed by atoms with van der Waals surface area (Å²) in [4.78, 5) is 30.4. The summed E-state index contributed by atoms with van der Waals surface area (Å²) in [6.45, 7) is 1.54. The van der Waals surface area contributed by atoms with Gasteiger partial charge in [0.25, 0.3) is 0 Å². The van der Waals surface area contributed by atoms with E-state index < -0.39 is 36.4 Å². The van der Waals surface area contributed by atoms with E-state index in [0.29, 0.717) is 25.9 Å². The van der Waals surface area contributed by atoms with Crippen molar-refractivity contribution in [2.45, 2.75) is 35.3 Å².